The number of dihydropyridines is 1. The van der Waals surface area contributed by atoms with E-state index in [1.165, 1.54) is 0 Å². The van der Waals surface area contributed by atoms with Crippen molar-refractivity contribution in [1.29, 1.82) is 0 Å². The maximum atomic E-state index is 13.4. The maximum Gasteiger partial charge on any atom is 0.252 e. The lowest BCUT2D eigenvalue weighted by Gasteiger charge is -2.37. The zero-order chi connectivity index (χ0) is 19.0. The van der Waals surface area contributed by atoms with Gasteiger partial charge in [0.05, 0.1) is 13.2 Å². The highest BCUT2D eigenvalue weighted by Crippen LogP contribution is 2.42. The van der Waals surface area contributed by atoms with Gasteiger partial charge in [-0.1, -0.05) is 23.7 Å². The molecule has 0 aromatic heterocycles. The predicted molar refractivity (Wildman–Crippen MR) is 103 cm³/mol. The van der Waals surface area contributed by atoms with E-state index in [1.807, 2.05) is 36.1 Å². The quantitative estimate of drug-likeness (QED) is 0.848. The summed E-state index contributed by atoms with van der Waals surface area (Å²) < 4.78 is 5.39. The molecular formula is C21H23ClN2O3. The molecule has 3 aliphatic rings. The lowest BCUT2D eigenvalue weighted by atomic mass is 9.75. The number of benzene rings is 1. The van der Waals surface area contributed by atoms with Gasteiger partial charge in [-0.15, -0.1) is 0 Å². The third-order valence-corrected chi connectivity index (χ3v) is 5.76. The highest BCUT2D eigenvalue weighted by Gasteiger charge is 2.39. The number of Topliss-reactive ketones (excluding diaryl/α,β-unsaturated/α-hetero) is 1. The standard InChI is InChI=1S/C21H23ClN2O3/c1-13-18(21(26)24-9-11-27-12-10-24)19(14-5-7-15(22)8-6-14)20-16(23-13)3-2-4-17(20)25/h5-8,19,23H,2-4,9-12H2,1H3/t19-/m0/s1. The third kappa shape index (κ3) is 3.42. The number of hydrogen-bond acceptors (Lipinski definition) is 4. The number of ketones is 1. The van der Waals surface area contributed by atoms with Crippen LogP contribution in [0.5, 0.6) is 0 Å². The molecule has 1 amide bonds. The number of amides is 1. The van der Waals surface area contributed by atoms with Crippen LogP contribution < -0.4 is 5.32 Å². The van der Waals surface area contributed by atoms with Gasteiger partial charge in [0.15, 0.2) is 5.78 Å². The highest BCUT2D eigenvalue weighted by atomic mass is 35.5. The van der Waals surface area contributed by atoms with Crippen molar-refractivity contribution in [2.24, 2.45) is 0 Å². The molecule has 1 aromatic rings. The number of nitrogens with zero attached hydrogens (tertiary/aromatic N) is 1. The number of allylic oxidation sites excluding steroid dienone is 3. The van der Waals surface area contributed by atoms with Gasteiger partial charge in [-0.05, 0) is 37.5 Å². The van der Waals surface area contributed by atoms with E-state index in [1.54, 1.807) is 0 Å². The van der Waals surface area contributed by atoms with Gasteiger partial charge in [0.25, 0.3) is 5.91 Å². The number of nitrogens with one attached hydrogen (secondary N) is 1. The Balaban J connectivity index is 1.80. The smallest absolute Gasteiger partial charge is 0.252 e. The lowest BCUT2D eigenvalue weighted by molar-refractivity contribution is -0.131. The first kappa shape index (κ1) is 18.3. The van der Waals surface area contributed by atoms with Crippen LogP contribution in [0.4, 0.5) is 0 Å². The highest BCUT2D eigenvalue weighted by molar-refractivity contribution is 6.30. The first-order chi connectivity index (χ1) is 13.1. The molecule has 1 N–H and O–H groups in total. The summed E-state index contributed by atoms with van der Waals surface area (Å²) in [5, 5.41) is 4.00. The van der Waals surface area contributed by atoms with Crippen LogP contribution in [0.3, 0.4) is 0 Å². The van der Waals surface area contributed by atoms with Crippen molar-refractivity contribution in [2.75, 3.05) is 26.3 Å². The van der Waals surface area contributed by atoms with Crippen LogP contribution in [0, 0.1) is 0 Å². The fourth-order valence-corrected chi connectivity index (χ4v) is 4.32. The summed E-state index contributed by atoms with van der Waals surface area (Å²) in [4.78, 5) is 28.1. The molecule has 1 fully saturated rings. The normalized spacial score (nSPS) is 23.3. The van der Waals surface area contributed by atoms with Gasteiger partial charge in [-0.25, -0.2) is 0 Å². The molecule has 2 aliphatic heterocycles. The molecule has 0 bridgehead atoms. The molecule has 0 unspecified atom stereocenters. The van der Waals surface area contributed by atoms with Crippen molar-refractivity contribution in [1.82, 2.24) is 10.2 Å². The number of morpholine rings is 1. The summed E-state index contributed by atoms with van der Waals surface area (Å²) in [5.74, 6) is -0.238. The van der Waals surface area contributed by atoms with E-state index in [0.717, 1.165) is 35.4 Å². The van der Waals surface area contributed by atoms with Crippen LogP contribution in [-0.4, -0.2) is 42.9 Å². The van der Waals surface area contributed by atoms with Crippen LogP contribution in [0.1, 0.15) is 37.7 Å². The number of carbonyl (C=O) groups is 2. The second kappa shape index (κ2) is 7.49. The van der Waals surface area contributed by atoms with E-state index >= 15 is 0 Å². The van der Waals surface area contributed by atoms with Crippen molar-refractivity contribution in [3.63, 3.8) is 0 Å². The molecule has 0 saturated carbocycles. The van der Waals surface area contributed by atoms with Gasteiger partial charge in [-0.2, -0.15) is 0 Å². The molecule has 1 aromatic carbocycles. The van der Waals surface area contributed by atoms with Crippen LogP contribution in [-0.2, 0) is 14.3 Å². The predicted octanol–water partition coefficient (Wildman–Crippen LogP) is 3.17. The number of ether oxygens (including phenoxy) is 1. The minimum atomic E-state index is -0.346. The summed E-state index contributed by atoms with van der Waals surface area (Å²) in [6.45, 7) is 4.17. The Morgan fingerprint density at radius 3 is 2.59 bits per heavy atom. The fraction of sp³-hybridized carbons (Fsp3) is 0.429. The number of carbonyl (C=O) groups excluding carboxylic acids is 2. The van der Waals surface area contributed by atoms with E-state index in [4.69, 9.17) is 16.3 Å². The van der Waals surface area contributed by atoms with Crippen LogP contribution in [0.25, 0.3) is 0 Å². The maximum absolute atomic E-state index is 13.4. The van der Waals surface area contributed by atoms with Crippen molar-refractivity contribution in [3.8, 4) is 0 Å². The molecule has 1 atom stereocenters. The molecule has 142 valence electrons. The van der Waals surface area contributed by atoms with Gasteiger partial charge in [-0.3, -0.25) is 9.59 Å². The largest absolute Gasteiger partial charge is 0.378 e. The van der Waals surface area contributed by atoms with Gasteiger partial charge in [0.1, 0.15) is 0 Å². The minimum absolute atomic E-state index is 0.0202. The van der Waals surface area contributed by atoms with Crippen LogP contribution in [0.2, 0.25) is 5.02 Å². The van der Waals surface area contributed by atoms with E-state index in [2.05, 4.69) is 5.32 Å². The van der Waals surface area contributed by atoms with Crippen LogP contribution in [0.15, 0.2) is 46.8 Å². The zero-order valence-corrected chi connectivity index (χ0v) is 16.1. The fourth-order valence-electron chi connectivity index (χ4n) is 4.19. The molecular weight excluding hydrogens is 364 g/mol. The van der Waals surface area contributed by atoms with Crippen molar-refractivity contribution < 1.29 is 14.3 Å². The van der Waals surface area contributed by atoms with Gasteiger partial charge >= 0.3 is 0 Å². The summed E-state index contributed by atoms with van der Waals surface area (Å²) in [6.07, 6.45) is 2.21. The first-order valence-corrected chi connectivity index (χ1v) is 9.80. The summed E-state index contributed by atoms with van der Waals surface area (Å²) >= 11 is 6.07. The molecule has 2 heterocycles. The Kier molecular flexibility index (Phi) is 5.06. The molecule has 4 rings (SSSR count). The second-order valence-electron chi connectivity index (χ2n) is 7.22. The molecule has 5 nitrogen and oxygen atoms in total. The summed E-state index contributed by atoms with van der Waals surface area (Å²) in [7, 11) is 0. The SMILES string of the molecule is CC1=C(C(=O)N2CCOCC2)[C@H](c2ccc(Cl)cc2)C2=C(CCCC2=O)N1. The van der Waals surface area contributed by atoms with E-state index in [9.17, 15) is 9.59 Å². The average molecular weight is 387 g/mol. The van der Waals surface area contributed by atoms with E-state index in [-0.39, 0.29) is 17.6 Å². The Morgan fingerprint density at radius 2 is 1.89 bits per heavy atom. The average Bonchev–Trinajstić information content (AvgIpc) is 2.68. The van der Waals surface area contributed by atoms with Crippen LogP contribution >= 0.6 is 11.6 Å². The van der Waals surface area contributed by atoms with Gasteiger partial charge < -0.3 is 15.0 Å². The lowest BCUT2D eigenvalue weighted by Crippen LogP contribution is -2.44. The van der Waals surface area contributed by atoms with Crippen molar-refractivity contribution in [3.05, 3.63) is 57.4 Å². The number of rotatable bonds is 2. The van der Waals surface area contributed by atoms with E-state index in [0.29, 0.717) is 43.3 Å². The molecule has 0 spiro atoms. The van der Waals surface area contributed by atoms with Crippen molar-refractivity contribution >= 4 is 23.3 Å². The Bertz CT molecular complexity index is 835. The van der Waals surface area contributed by atoms with Crippen molar-refractivity contribution in [2.45, 2.75) is 32.1 Å². The first-order valence-electron chi connectivity index (χ1n) is 9.43. The summed E-state index contributed by atoms with van der Waals surface area (Å²) in [6, 6.07) is 7.48. The Morgan fingerprint density at radius 1 is 1.19 bits per heavy atom. The Hall–Kier alpha value is -2.11. The number of halogens is 1. The minimum Gasteiger partial charge on any atom is -0.378 e. The number of hydrogen-bond donors (Lipinski definition) is 1. The molecule has 27 heavy (non-hydrogen) atoms. The molecule has 1 saturated heterocycles. The third-order valence-electron chi connectivity index (χ3n) is 5.51. The van der Waals surface area contributed by atoms with Gasteiger partial charge in [0.2, 0.25) is 0 Å². The van der Waals surface area contributed by atoms with E-state index < -0.39 is 0 Å². The topological polar surface area (TPSA) is 58.6 Å². The zero-order valence-electron chi connectivity index (χ0n) is 15.4. The molecule has 1 aliphatic carbocycles. The Labute approximate surface area is 164 Å². The molecule has 6 heteroatoms. The summed E-state index contributed by atoms with van der Waals surface area (Å²) in [5.41, 5.74) is 4.13. The monoisotopic (exact) mass is 386 g/mol. The second-order valence-corrected chi connectivity index (χ2v) is 7.66. The molecule has 0 radical (unpaired) electrons. The van der Waals surface area contributed by atoms with Gasteiger partial charge in [0, 0.05) is 53.0 Å².